The van der Waals surface area contributed by atoms with E-state index in [0.29, 0.717) is 6.42 Å². The number of aryl methyl sites for hydroxylation is 1. The van der Waals surface area contributed by atoms with E-state index in [2.05, 4.69) is 5.10 Å². The SMILES string of the molecule is COCCN(CC(=O)N1N=C(c2cccs2)CC1c1cccn1C)C(=O)c1ccc(C(F)(F)F)cc1. The van der Waals surface area contributed by atoms with Gasteiger partial charge in [-0.05, 0) is 47.8 Å². The highest BCUT2D eigenvalue weighted by Crippen LogP contribution is 2.34. The third kappa shape index (κ3) is 5.52. The smallest absolute Gasteiger partial charge is 0.383 e. The van der Waals surface area contributed by atoms with Crippen LogP contribution in [0.4, 0.5) is 13.2 Å². The number of benzene rings is 1. The summed E-state index contributed by atoms with van der Waals surface area (Å²) < 4.78 is 45.8. The molecule has 36 heavy (non-hydrogen) atoms. The van der Waals surface area contributed by atoms with Crippen molar-refractivity contribution in [1.29, 1.82) is 0 Å². The Morgan fingerprint density at radius 3 is 2.50 bits per heavy atom. The summed E-state index contributed by atoms with van der Waals surface area (Å²) in [6, 6.07) is 11.3. The van der Waals surface area contributed by atoms with Crippen molar-refractivity contribution >= 4 is 28.9 Å². The number of hydrazone groups is 1. The number of amides is 2. The molecule has 2 amide bonds. The molecule has 1 aliphatic heterocycles. The number of alkyl halides is 3. The monoisotopic (exact) mass is 518 g/mol. The van der Waals surface area contributed by atoms with Crippen LogP contribution in [-0.2, 0) is 22.8 Å². The molecular weight excluding hydrogens is 493 g/mol. The highest BCUT2D eigenvalue weighted by molar-refractivity contribution is 7.12. The molecule has 3 aromatic rings. The van der Waals surface area contributed by atoms with Gasteiger partial charge in [0, 0.05) is 44.6 Å². The number of ether oxygens (including phenoxy) is 1. The molecule has 190 valence electrons. The average Bonchev–Trinajstić information content (AvgIpc) is 3.61. The molecule has 1 aromatic carbocycles. The molecule has 0 N–H and O–H groups in total. The fourth-order valence-corrected chi connectivity index (χ4v) is 4.78. The van der Waals surface area contributed by atoms with E-state index in [1.54, 1.807) is 0 Å². The molecule has 2 aromatic heterocycles. The van der Waals surface area contributed by atoms with Crippen LogP contribution in [0.25, 0.3) is 0 Å². The van der Waals surface area contributed by atoms with E-state index in [4.69, 9.17) is 4.74 Å². The van der Waals surface area contributed by atoms with Gasteiger partial charge in [0.15, 0.2) is 0 Å². The van der Waals surface area contributed by atoms with E-state index in [0.717, 1.165) is 40.5 Å². The van der Waals surface area contributed by atoms with Gasteiger partial charge in [0.2, 0.25) is 0 Å². The van der Waals surface area contributed by atoms with Crippen LogP contribution in [0.1, 0.15) is 39.0 Å². The number of nitrogens with zero attached hydrogens (tertiary/aromatic N) is 4. The van der Waals surface area contributed by atoms with E-state index < -0.39 is 23.6 Å². The van der Waals surface area contributed by atoms with Crippen LogP contribution in [0.15, 0.2) is 65.2 Å². The molecule has 0 aliphatic carbocycles. The molecule has 0 spiro atoms. The van der Waals surface area contributed by atoms with Crippen molar-refractivity contribution in [3.63, 3.8) is 0 Å². The van der Waals surface area contributed by atoms with Gasteiger partial charge in [-0.15, -0.1) is 11.3 Å². The zero-order valence-corrected chi connectivity index (χ0v) is 20.6. The number of methoxy groups -OCH3 is 1. The highest BCUT2D eigenvalue weighted by atomic mass is 32.1. The molecule has 0 saturated heterocycles. The Labute approximate surface area is 210 Å². The minimum absolute atomic E-state index is 0.0510. The molecule has 1 atom stereocenters. The first kappa shape index (κ1) is 25.6. The maximum absolute atomic E-state index is 13.5. The molecule has 3 heterocycles. The Hall–Kier alpha value is -3.44. The van der Waals surface area contributed by atoms with E-state index in [1.807, 2.05) is 47.5 Å². The normalized spacial score (nSPS) is 15.8. The number of carbonyl (C=O) groups is 2. The van der Waals surface area contributed by atoms with Crippen LogP contribution in [0.5, 0.6) is 0 Å². The maximum Gasteiger partial charge on any atom is 0.416 e. The summed E-state index contributed by atoms with van der Waals surface area (Å²) in [5.74, 6) is -0.963. The van der Waals surface area contributed by atoms with Gasteiger partial charge in [0.05, 0.1) is 22.8 Å². The molecular formula is C25H25F3N4O3S. The van der Waals surface area contributed by atoms with Crippen molar-refractivity contribution < 1.29 is 27.5 Å². The number of thiophene rings is 1. The Kier molecular flexibility index (Phi) is 7.60. The number of hydrogen-bond donors (Lipinski definition) is 0. The number of halogens is 3. The number of hydrogen-bond acceptors (Lipinski definition) is 5. The molecule has 1 aliphatic rings. The van der Waals surface area contributed by atoms with Crippen LogP contribution in [0.2, 0.25) is 0 Å². The van der Waals surface area contributed by atoms with Gasteiger partial charge < -0.3 is 14.2 Å². The zero-order chi connectivity index (χ0) is 25.9. The second-order valence-electron chi connectivity index (χ2n) is 8.32. The second kappa shape index (κ2) is 10.7. The number of rotatable bonds is 8. The quantitative estimate of drug-likeness (QED) is 0.439. The highest BCUT2D eigenvalue weighted by Gasteiger charge is 2.36. The fourth-order valence-electron chi connectivity index (χ4n) is 4.06. The van der Waals surface area contributed by atoms with Crippen molar-refractivity contribution in [3.05, 3.63) is 81.8 Å². The minimum Gasteiger partial charge on any atom is -0.383 e. The molecule has 1 unspecified atom stereocenters. The van der Waals surface area contributed by atoms with Gasteiger partial charge in [-0.1, -0.05) is 6.07 Å². The number of aromatic nitrogens is 1. The molecule has 7 nitrogen and oxygen atoms in total. The lowest BCUT2D eigenvalue weighted by Gasteiger charge is -2.27. The lowest BCUT2D eigenvalue weighted by Crippen LogP contribution is -2.43. The predicted molar refractivity (Wildman–Crippen MR) is 130 cm³/mol. The Balaban J connectivity index is 1.58. The van der Waals surface area contributed by atoms with Crippen LogP contribution in [-0.4, -0.2) is 58.8 Å². The Morgan fingerprint density at radius 2 is 1.92 bits per heavy atom. The summed E-state index contributed by atoms with van der Waals surface area (Å²) in [5, 5.41) is 7.96. The Morgan fingerprint density at radius 1 is 1.17 bits per heavy atom. The number of carbonyl (C=O) groups excluding carboxylic acids is 2. The average molecular weight is 519 g/mol. The van der Waals surface area contributed by atoms with Crippen molar-refractivity contribution in [2.45, 2.75) is 18.6 Å². The lowest BCUT2D eigenvalue weighted by atomic mass is 10.1. The second-order valence-corrected chi connectivity index (χ2v) is 9.27. The summed E-state index contributed by atoms with van der Waals surface area (Å²) in [4.78, 5) is 28.9. The first-order chi connectivity index (χ1) is 17.2. The van der Waals surface area contributed by atoms with Crippen LogP contribution in [0.3, 0.4) is 0 Å². The van der Waals surface area contributed by atoms with E-state index in [1.165, 1.54) is 28.4 Å². The third-order valence-electron chi connectivity index (χ3n) is 5.93. The van der Waals surface area contributed by atoms with Crippen LogP contribution in [0, 0.1) is 0 Å². The van der Waals surface area contributed by atoms with Crippen LogP contribution < -0.4 is 0 Å². The third-order valence-corrected chi connectivity index (χ3v) is 6.85. The van der Waals surface area contributed by atoms with E-state index in [9.17, 15) is 22.8 Å². The maximum atomic E-state index is 13.5. The summed E-state index contributed by atoms with van der Waals surface area (Å²) in [6.45, 7) is -0.0534. The van der Waals surface area contributed by atoms with Gasteiger partial charge >= 0.3 is 6.18 Å². The summed E-state index contributed by atoms with van der Waals surface area (Å²) in [6.07, 6.45) is -2.09. The molecule has 0 bridgehead atoms. The molecule has 11 heteroatoms. The van der Waals surface area contributed by atoms with Crippen molar-refractivity contribution in [3.8, 4) is 0 Å². The molecule has 0 radical (unpaired) electrons. The zero-order valence-electron chi connectivity index (χ0n) is 19.7. The van der Waals surface area contributed by atoms with Crippen LogP contribution >= 0.6 is 11.3 Å². The topological polar surface area (TPSA) is 67.1 Å². The van der Waals surface area contributed by atoms with E-state index >= 15 is 0 Å². The van der Waals surface area contributed by atoms with Crippen molar-refractivity contribution in [2.75, 3.05) is 26.8 Å². The van der Waals surface area contributed by atoms with Gasteiger partial charge in [-0.3, -0.25) is 9.59 Å². The van der Waals surface area contributed by atoms with Gasteiger partial charge in [-0.25, -0.2) is 5.01 Å². The van der Waals surface area contributed by atoms with E-state index in [-0.39, 0.29) is 31.3 Å². The Bertz CT molecular complexity index is 1240. The largest absolute Gasteiger partial charge is 0.416 e. The standard InChI is InChI=1S/C25H25F3N4O3S/c1-30-11-3-5-20(30)21-15-19(22-6-4-14-36-22)29-32(21)23(33)16-31(12-13-35-2)24(34)17-7-9-18(10-8-17)25(26,27)28/h3-11,14,21H,12-13,15-16H2,1-2H3. The first-order valence-corrected chi connectivity index (χ1v) is 12.1. The summed E-state index contributed by atoms with van der Waals surface area (Å²) in [7, 11) is 3.35. The lowest BCUT2D eigenvalue weighted by molar-refractivity contribution is -0.137. The van der Waals surface area contributed by atoms with Crippen molar-refractivity contribution in [1.82, 2.24) is 14.5 Å². The van der Waals surface area contributed by atoms with Gasteiger partial charge in [0.25, 0.3) is 11.8 Å². The first-order valence-electron chi connectivity index (χ1n) is 11.2. The van der Waals surface area contributed by atoms with Gasteiger partial charge in [0.1, 0.15) is 12.6 Å². The predicted octanol–water partition coefficient (Wildman–Crippen LogP) is 4.57. The summed E-state index contributed by atoms with van der Waals surface area (Å²) >= 11 is 1.53. The molecule has 0 fully saturated rings. The van der Waals surface area contributed by atoms with Gasteiger partial charge in [-0.2, -0.15) is 18.3 Å². The van der Waals surface area contributed by atoms with Crippen molar-refractivity contribution in [2.24, 2.45) is 12.1 Å². The molecule has 4 rings (SSSR count). The summed E-state index contributed by atoms with van der Waals surface area (Å²) in [5.41, 5.74) is 0.879. The molecule has 0 saturated carbocycles. The fraction of sp³-hybridized carbons (Fsp3) is 0.320. The minimum atomic E-state index is -4.51.